The number of esters is 1. The first-order valence-corrected chi connectivity index (χ1v) is 12.9. The topological polar surface area (TPSA) is 212 Å². The zero-order valence-electron chi connectivity index (χ0n) is 22.7. The summed E-state index contributed by atoms with van der Waals surface area (Å²) in [5.41, 5.74) is 0. The number of aliphatic hydroxyl groups excluding tert-OH is 6. The average molecular weight is 571 g/mol. The maximum Gasteiger partial charge on any atom is 0.302 e. The first kappa shape index (κ1) is 32.5. The first-order valence-electron chi connectivity index (χ1n) is 12.9. The molecule has 0 saturated carbocycles. The Morgan fingerprint density at radius 1 is 0.949 bits per heavy atom. The minimum Gasteiger partial charge on any atom is -0.463 e. The normalized spacial score (nSPS) is 45.9. The monoisotopic (exact) mass is 570 g/mol. The van der Waals surface area contributed by atoms with Gasteiger partial charge in [0.25, 0.3) is 0 Å². The predicted molar refractivity (Wildman–Crippen MR) is 127 cm³/mol. The van der Waals surface area contributed by atoms with Crippen molar-refractivity contribution < 1.29 is 73.3 Å². The SMILES string of the molecule is CC(=O)OCC1OCC[C@H](O)[C@@H]1O.CO[C@@H]1OC(C)[C@@H](O[C@@H]2OC3COC(C)(C)O[C@H]3[C@@H](O)C2O)[C@@H](O)C1O. The summed E-state index contributed by atoms with van der Waals surface area (Å²) < 4.78 is 42.7. The summed E-state index contributed by atoms with van der Waals surface area (Å²) in [5, 5.41) is 59.8. The smallest absolute Gasteiger partial charge is 0.302 e. The minimum absolute atomic E-state index is 0.00639. The lowest BCUT2D eigenvalue weighted by Crippen LogP contribution is -2.66. The largest absolute Gasteiger partial charge is 0.463 e. The average Bonchev–Trinajstić information content (AvgIpc) is 2.88. The maximum atomic E-state index is 10.5. The second-order valence-corrected chi connectivity index (χ2v) is 10.4. The summed E-state index contributed by atoms with van der Waals surface area (Å²) in [6.45, 7) is 6.85. The van der Waals surface area contributed by atoms with Crippen LogP contribution < -0.4 is 0 Å². The van der Waals surface area contributed by atoms with E-state index in [-0.39, 0.29) is 13.2 Å². The van der Waals surface area contributed by atoms with Crippen molar-refractivity contribution in [3.63, 3.8) is 0 Å². The van der Waals surface area contributed by atoms with Crippen LogP contribution in [0.4, 0.5) is 0 Å². The molecule has 4 fully saturated rings. The van der Waals surface area contributed by atoms with Crippen LogP contribution in [0, 0.1) is 0 Å². The molecule has 13 atom stereocenters. The van der Waals surface area contributed by atoms with Gasteiger partial charge >= 0.3 is 5.97 Å². The number of aliphatic hydroxyl groups is 6. The highest BCUT2D eigenvalue weighted by Crippen LogP contribution is 2.34. The van der Waals surface area contributed by atoms with Crippen LogP contribution in [-0.2, 0) is 42.7 Å². The zero-order chi connectivity index (χ0) is 29.1. The standard InChI is InChI=1S/C16H28O10.C8H14O5/c1-6-12(8(17)10(19)14(21-4)23-6)25-15-11(20)9(18)13-7(24-15)5-22-16(2,3)26-13;1-5(9)13-4-7-8(11)6(10)2-3-12-7/h6-15,17-20H,5H2,1-4H3;6-8,10-11H,2-4H2,1H3/t6?,7?,8-,9-,10?,11?,12+,13+,14+,15-;6-,7?,8-/m00/s1. The third-order valence-corrected chi connectivity index (χ3v) is 6.93. The van der Waals surface area contributed by atoms with Crippen molar-refractivity contribution in [1.82, 2.24) is 0 Å². The Bertz CT molecular complexity index is 781. The lowest BCUT2D eigenvalue weighted by Gasteiger charge is -2.50. The van der Waals surface area contributed by atoms with E-state index in [4.69, 9.17) is 33.2 Å². The predicted octanol–water partition coefficient (Wildman–Crippen LogP) is -2.86. The van der Waals surface area contributed by atoms with Gasteiger partial charge in [0.2, 0.25) is 0 Å². The van der Waals surface area contributed by atoms with Gasteiger partial charge in [0.15, 0.2) is 18.4 Å². The highest BCUT2D eigenvalue weighted by Gasteiger charge is 2.53. The molecule has 39 heavy (non-hydrogen) atoms. The van der Waals surface area contributed by atoms with Crippen LogP contribution in [-0.4, -0.2) is 149 Å². The second-order valence-electron chi connectivity index (χ2n) is 10.4. The number of rotatable bonds is 5. The van der Waals surface area contributed by atoms with Gasteiger partial charge in [0.05, 0.1) is 18.8 Å². The number of methoxy groups -OCH3 is 1. The lowest BCUT2D eigenvalue weighted by molar-refractivity contribution is -0.397. The number of hydrogen-bond donors (Lipinski definition) is 6. The van der Waals surface area contributed by atoms with E-state index < -0.39 is 91.5 Å². The molecule has 0 radical (unpaired) electrons. The van der Waals surface area contributed by atoms with Gasteiger partial charge in [-0.1, -0.05) is 0 Å². The molecular weight excluding hydrogens is 528 g/mol. The molecule has 0 aromatic carbocycles. The van der Waals surface area contributed by atoms with Crippen LogP contribution in [0.1, 0.15) is 34.1 Å². The van der Waals surface area contributed by atoms with Crippen molar-refractivity contribution in [1.29, 1.82) is 0 Å². The van der Waals surface area contributed by atoms with Crippen LogP contribution in [0.15, 0.2) is 0 Å². The molecule has 0 aliphatic carbocycles. The van der Waals surface area contributed by atoms with Crippen LogP contribution in [0.3, 0.4) is 0 Å². The molecular formula is C24H42O15. The van der Waals surface area contributed by atoms with Crippen molar-refractivity contribution in [3.05, 3.63) is 0 Å². The molecule has 4 rings (SSSR count). The molecule has 4 saturated heterocycles. The number of carbonyl (C=O) groups is 1. The molecule has 4 aliphatic rings. The van der Waals surface area contributed by atoms with Gasteiger partial charge in [-0.15, -0.1) is 0 Å². The summed E-state index contributed by atoms with van der Waals surface area (Å²) >= 11 is 0. The summed E-state index contributed by atoms with van der Waals surface area (Å²) in [7, 11) is 1.35. The molecule has 15 heteroatoms. The molecule has 0 aromatic rings. The van der Waals surface area contributed by atoms with Gasteiger partial charge in [-0.05, 0) is 27.2 Å². The molecule has 228 valence electrons. The van der Waals surface area contributed by atoms with Crippen LogP contribution in [0.5, 0.6) is 0 Å². The van der Waals surface area contributed by atoms with E-state index in [1.165, 1.54) is 14.0 Å². The fourth-order valence-corrected chi connectivity index (χ4v) is 4.69. The quantitative estimate of drug-likeness (QED) is 0.184. The fraction of sp³-hybridized carbons (Fsp3) is 0.958. The first-order chi connectivity index (χ1) is 18.3. The Hall–Kier alpha value is -1.05. The molecule has 0 bridgehead atoms. The second kappa shape index (κ2) is 13.7. The fourth-order valence-electron chi connectivity index (χ4n) is 4.69. The number of ether oxygens (including phenoxy) is 8. The van der Waals surface area contributed by atoms with Crippen molar-refractivity contribution in [2.75, 3.05) is 26.9 Å². The van der Waals surface area contributed by atoms with Crippen LogP contribution >= 0.6 is 0 Å². The Morgan fingerprint density at radius 2 is 1.62 bits per heavy atom. The lowest BCUT2D eigenvalue weighted by atomic mass is 9.96. The van der Waals surface area contributed by atoms with Gasteiger partial charge in [-0.2, -0.15) is 0 Å². The van der Waals surface area contributed by atoms with Crippen LogP contribution in [0.25, 0.3) is 0 Å². The van der Waals surface area contributed by atoms with Gasteiger partial charge in [0.1, 0.15) is 61.5 Å². The van der Waals surface area contributed by atoms with E-state index in [1.54, 1.807) is 20.8 Å². The van der Waals surface area contributed by atoms with Crippen molar-refractivity contribution >= 4 is 5.97 Å². The number of carbonyl (C=O) groups excluding carboxylic acids is 1. The van der Waals surface area contributed by atoms with Gasteiger partial charge in [-0.3, -0.25) is 4.79 Å². The zero-order valence-corrected chi connectivity index (χ0v) is 22.7. The van der Waals surface area contributed by atoms with E-state index in [0.717, 1.165) is 0 Å². The van der Waals surface area contributed by atoms with Crippen LogP contribution in [0.2, 0.25) is 0 Å². The van der Waals surface area contributed by atoms with Gasteiger partial charge < -0.3 is 68.5 Å². The minimum atomic E-state index is -1.41. The van der Waals surface area contributed by atoms with E-state index in [2.05, 4.69) is 4.74 Å². The molecule has 4 aliphatic heterocycles. The molecule has 0 spiro atoms. The Morgan fingerprint density at radius 3 is 2.26 bits per heavy atom. The van der Waals surface area contributed by atoms with Gasteiger partial charge in [0, 0.05) is 20.6 Å². The Labute approximate surface area is 226 Å². The molecule has 0 aromatic heterocycles. The van der Waals surface area contributed by atoms with Crippen molar-refractivity contribution in [3.8, 4) is 0 Å². The molecule has 6 N–H and O–H groups in total. The van der Waals surface area contributed by atoms with E-state index in [1.807, 2.05) is 0 Å². The highest BCUT2D eigenvalue weighted by molar-refractivity contribution is 5.65. The molecule has 0 amide bonds. The van der Waals surface area contributed by atoms with Gasteiger partial charge in [-0.25, -0.2) is 0 Å². The Balaban J connectivity index is 0.000000272. The summed E-state index contributed by atoms with van der Waals surface area (Å²) in [6, 6.07) is 0. The summed E-state index contributed by atoms with van der Waals surface area (Å²) in [4.78, 5) is 10.5. The van der Waals surface area contributed by atoms with E-state index in [0.29, 0.717) is 13.0 Å². The Kier molecular flexibility index (Phi) is 11.4. The molecule has 5 unspecified atom stereocenters. The van der Waals surface area contributed by atoms with Crippen molar-refractivity contribution in [2.45, 2.75) is 120 Å². The highest BCUT2D eigenvalue weighted by atomic mass is 16.8. The third kappa shape index (κ3) is 8.03. The summed E-state index contributed by atoms with van der Waals surface area (Å²) in [6.07, 6.45) is -12.6. The number of hydrogen-bond acceptors (Lipinski definition) is 15. The molecule has 15 nitrogen and oxygen atoms in total. The van der Waals surface area contributed by atoms with E-state index >= 15 is 0 Å². The summed E-state index contributed by atoms with van der Waals surface area (Å²) in [5.74, 6) is -1.32. The number of fused-ring (bicyclic) bond motifs is 1. The van der Waals surface area contributed by atoms with Crippen molar-refractivity contribution in [2.24, 2.45) is 0 Å². The van der Waals surface area contributed by atoms with E-state index in [9.17, 15) is 35.4 Å². The third-order valence-electron chi connectivity index (χ3n) is 6.93. The maximum absolute atomic E-state index is 10.5. The molecule has 4 heterocycles.